The Hall–Kier alpha value is -2.25. The number of ether oxygens (including phenoxy) is 1. The third kappa shape index (κ3) is 3.24. The number of thiophene rings is 1. The molecule has 0 amide bonds. The van der Waals surface area contributed by atoms with Crippen molar-refractivity contribution in [2.45, 2.75) is 29.9 Å². The Morgan fingerprint density at radius 3 is 2.73 bits per heavy atom. The summed E-state index contributed by atoms with van der Waals surface area (Å²) in [6.45, 7) is 0. The standard InChI is InChI=1S/C19H20N2O3S2/c1-24-18-9-8-14(16-11-13-5-2-3-6-15(13)20-16)12-17(18)21-26(22,23)19-7-4-10-25-19/h4,7-12,20-21H,2-3,5-6H2,1H3. The highest BCUT2D eigenvalue weighted by Gasteiger charge is 2.19. The highest BCUT2D eigenvalue weighted by atomic mass is 32.2. The molecule has 1 aliphatic carbocycles. The third-order valence-electron chi connectivity index (χ3n) is 4.63. The number of aromatic nitrogens is 1. The molecular weight excluding hydrogens is 368 g/mol. The number of benzene rings is 1. The summed E-state index contributed by atoms with van der Waals surface area (Å²) in [6.07, 6.45) is 4.60. The normalized spacial score (nSPS) is 14.0. The van der Waals surface area contributed by atoms with Gasteiger partial charge in [0.2, 0.25) is 0 Å². The molecule has 26 heavy (non-hydrogen) atoms. The minimum Gasteiger partial charge on any atom is -0.495 e. The van der Waals surface area contributed by atoms with Gasteiger partial charge in [-0.05, 0) is 67.0 Å². The topological polar surface area (TPSA) is 71.2 Å². The third-order valence-corrected chi connectivity index (χ3v) is 7.39. The zero-order valence-corrected chi connectivity index (χ0v) is 16.0. The molecule has 0 bridgehead atoms. The molecule has 2 heterocycles. The lowest BCUT2D eigenvalue weighted by atomic mass is 9.98. The second-order valence-corrected chi connectivity index (χ2v) is 9.20. The smallest absolute Gasteiger partial charge is 0.271 e. The summed E-state index contributed by atoms with van der Waals surface area (Å²) in [6, 6.07) is 11.0. The molecule has 2 aromatic heterocycles. The molecule has 1 aliphatic rings. The van der Waals surface area contributed by atoms with E-state index >= 15 is 0 Å². The summed E-state index contributed by atoms with van der Waals surface area (Å²) >= 11 is 1.18. The van der Waals surface area contributed by atoms with Crippen LogP contribution in [0.25, 0.3) is 11.3 Å². The fourth-order valence-corrected chi connectivity index (χ4v) is 5.38. The maximum atomic E-state index is 12.6. The highest BCUT2D eigenvalue weighted by molar-refractivity contribution is 7.94. The summed E-state index contributed by atoms with van der Waals surface area (Å²) in [5.41, 5.74) is 5.04. The van der Waals surface area contributed by atoms with E-state index in [1.807, 2.05) is 12.1 Å². The van der Waals surface area contributed by atoms with Crippen LogP contribution in [0.4, 0.5) is 5.69 Å². The van der Waals surface area contributed by atoms with Gasteiger partial charge in [-0.15, -0.1) is 11.3 Å². The van der Waals surface area contributed by atoms with Crippen LogP contribution >= 0.6 is 11.3 Å². The molecule has 1 aromatic carbocycles. The average molecular weight is 389 g/mol. The summed E-state index contributed by atoms with van der Waals surface area (Å²) in [4.78, 5) is 3.49. The molecule has 0 fully saturated rings. The van der Waals surface area contributed by atoms with Gasteiger partial charge in [-0.1, -0.05) is 6.07 Å². The number of fused-ring (bicyclic) bond motifs is 1. The predicted molar refractivity (Wildman–Crippen MR) is 105 cm³/mol. The van der Waals surface area contributed by atoms with Gasteiger partial charge in [0, 0.05) is 17.0 Å². The zero-order valence-electron chi connectivity index (χ0n) is 14.4. The van der Waals surface area contributed by atoms with Crippen LogP contribution in [0.2, 0.25) is 0 Å². The Bertz CT molecular complexity index is 998. The predicted octanol–water partition coefficient (Wildman–Crippen LogP) is 4.43. The van der Waals surface area contributed by atoms with E-state index in [1.165, 1.54) is 42.5 Å². The Kier molecular flexibility index (Phi) is 4.50. The van der Waals surface area contributed by atoms with Gasteiger partial charge >= 0.3 is 0 Å². The first kappa shape index (κ1) is 17.2. The van der Waals surface area contributed by atoms with Gasteiger partial charge in [0.1, 0.15) is 9.96 Å². The van der Waals surface area contributed by atoms with Crippen LogP contribution in [0.1, 0.15) is 24.1 Å². The van der Waals surface area contributed by atoms with E-state index in [1.54, 1.807) is 23.6 Å². The molecule has 0 saturated carbocycles. The van der Waals surface area contributed by atoms with E-state index in [0.29, 0.717) is 11.4 Å². The van der Waals surface area contributed by atoms with Crippen LogP contribution in [0.5, 0.6) is 5.75 Å². The molecule has 0 unspecified atom stereocenters. The first-order valence-corrected chi connectivity index (χ1v) is 10.9. The van der Waals surface area contributed by atoms with Crippen molar-refractivity contribution in [3.05, 3.63) is 53.0 Å². The van der Waals surface area contributed by atoms with Crippen molar-refractivity contribution in [1.82, 2.24) is 4.98 Å². The summed E-state index contributed by atoms with van der Waals surface area (Å²) < 4.78 is 33.4. The van der Waals surface area contributed by atoms with E-state index < -0.39 is 10.0 Å². The molecule has 136 valence electrons. The number of anilines is 1. The summed E-state index contributed by atoms with van der Waals surface area (Å²) in [5, 5.41) is 1.74. The molecule has 5 nitrogen and oxygen atoms in total. The number of aryl methyl sites for hydroxylation is 2. The lowest BCUT2D eigenvalue weighted by Gasteiger charge is -2.12. The summed E-state index contributed by atoms with van der Waals surface area (Å²) in [5.74, 6) is 0.491. The maximum absolute atomic E-state index is 12.6. The number of hydrogen-bond donors (Lipinski definition) is 2. The van der Waals surface area contributed by atoms with Crippen LogP contribution in [-0.2, 0) is 22.9 Å². The van der Waals surface area contributed by atoms with E-state index in [0.717, 1.165) is 24.1 Å². The van der Waals surface area contributed by atoms with Crippen molar-refractivity contribution in [2.75, 3.05) is 11.8 Å². The Balaban J connectivity index is 1.71. The largest absolute Gasteiger partial charge is 0.495 e. The van der Waals surface area contributed by atoms with E-state index in [2.05, 4.69) is 15.8 Å². The number of H-pyrrole nitrogens is 1. The Labute approximate surface area is 157 Å². The van der Waals surface area contributed by atoms with Gasteiger partial charge in [0.15, 0.2) is 0 Å². The molecule has 0 atom stereocenters. The number of aromatic amines is 1. The minimum absolute atomic E-state index is 0.278. The maximum Gasteiger partial charge on any atom is 0.271 e. The number of nitrogens with one attached hydrogen (secondary N) is 2. The van der Waals surface area contributed by atoms with Gasteiger partial charge in [0.25, 0.3) is 10.0 Å². The summed E-state index contributed by atoms with van der Waals surface area (Å²) in [7, 11) is -2.09. The van der Waals surface area contributed by atoms with E-state index in [-0.39, 0.29) is 4.21 Å². The number of rotatable bonds is 5. The first-order chi connectivity index (χ1) is 12.6. The van der Waals surface area contributed by atoms with Crippen LogP contribution in [0, 0.1) is 0 Å². The van der Waals surface area contributed by atoms with Crippen molar-refractivity contribution < 1.29 is 13.2 Å². The van der Waals surface area contributed by atoms with Crippen molar-refractivity contribution in [1.29, 1.82) is 0 Å². The molecule has 0 spiro atoms. The molecule has 0 radical (unpaired) electrons. The van der Waals surface area contributed by atoms with E-state index in [4.69, 9.17) is 4.74 Å². The molecule has 7 heteroatoms. The highest BCUT2D eigenvalue weighted by Crippen LogP contribution is 2.34. The second kappa shape index (κ2) is 6.81. The van der Waals surface area contributed by atoms with Gasteiger partial charge in [-0.3, -0.25) is 4.72 Å². The molecule has 0 saturated heterocycles. The zero-order chi connectivity index (χ0) is 18.1. The molecule has 0 aliphatic heterocycles. The minimum atomic E-state index is -3.63. The van der Waals surface area contributed by atoms with Crippen molar-refractivity contribution >= 4 is 27.0 Å². The molecule has 2 N–H and O–H groups in total. The fourth-order valence-electron chi connectivity index (χ4n) is 3.33. The van der Waals surface area contributed by atoms with Crippen LogP contribution < -0.4 is 9.46 Å². The molecule has 4 rings (SSSR count). The Morgan fingerprint density at radius 2 is 2.00 bits per heavy atom. The Morgan fingerprint density at radius 1 is 1.15 bits per heavy atom. The van der Waals surface area contributed by atoms with Gasteiger partial charge in [-0.2, -0.15) is 0 Å². The number of sulfonamides is 1. The lowest BCUT2D eigenvalue weighted by Crippen LogP contribution is -2.12. The molecule has 3 aromatic rings. The van der Waals surface area contributed by atoms with Crippen LogP contribution in [0.3, 0.4) is 0 Å². The fraction of sp³-hybridized carbons (Fsp3) is 0.263. The number of methoxy groups -OCH3 is 1. The first-order valence-electron chi connectivity index (χ1n) is 8.52. The van der Waals surface area contributed by atoms with Crippen molar-refractivity contribution in [3.8, 4) is 17.0 Å². The van der Waals surface area contributed by atoms with Crippen molar-refractivity contribution in [3.63, 3.8) is 0 Å². The number of hydrogen-bond acceptors (Lipinski definition) is 4. The SMILES string of the molecule is COc1ccc(-c2cc3c([nH]2)CCCC3)cc1NS(=O)(=O)c1cccs1. The quantitative estimate of drug-likeness (QED) is 0.679. The monoisotopic (exact) mass is 388 g/mol. The second-order valence-electron chi connectivity index (χ2n) is 6.35. The lowest BCUT2D eigenvalue weighted by molar-refractivity contribution is 0.417. The van der Waals surface area contributed by atoms with Gasteiger partial charge in [0.05, 0.1) is 12.8 Å². The average Bonchev–Trinajstić information content (AvgIpc) is 3.31. The van der Waals surface area contributed by atoms with Gasteiger partial charge in [-0.25, -0.2) is 8.42 Å². The molecular formula is C19H20N2O3S2. The van der Waals surface area contributed by atoms with Crippen LogP contribution in [-0.4, -0.2) is 20.5 Å². The van der Waals surface area contributed by atoms with Crippen LogP contribution in [0.15, 0.2) is 46.0 Å². The van der Waals surface area contributed by atoms with Gasteiger partial charge < -0.3 is 9.72 Å². The van der Waals surface area contributed by atoms with E-state index in [9.17, 15) is 8.42 Å². The van der Waals surface area contributed by atoms with Crippen molar-refractivity contribution in [2.24, 2.45) is 0 Å².